The van der Waals surface area contributed by atoms with E-state index in [9.17, 15) is 9.59 Å². The highest BCUT2D eigenvalue weighted by Gasteiger charge is 2.17. The molecule has 0 aromatic heterocycles. The monoisotopic (exact) mass is 813 g/mol. The summed E-state index contributed by atoms with van der Waals surface area (Å²) in [6, 6.07) is 0. The molecular formula is C53H96O5. The molecule has 0 aromatic carbocycles. The van der Waals surface area contributed by atoms with Crippen molar-refractivity contribution in [3.05, 3.63) is 48.6 Å². The van der Waals surface area contributed by atoms with Crippen LogP contribution in [0.15, 0.2) is 48.6 Å². The molecule has 0 spiro atoms. The number of hydrogen-bond donors (Lipinski definition) is 0. The van der Waals surface area contributed by atoms with Crippen LogP contribution >= 0.6 is 0 Å². The molecule has 0 fully saturated rings. The highest BCUT2D eigenvalue weighted by Crippen LogP contribution is 2.14. The highest BCUT2D eigenvalue weighted by molar-refractivity contribution is 5.70. The average molecular weight is 813 g/mol. The van der Waals surface area contributed by atoms with Gasteiger partial charge in [-0.05, 0) is 77.0 Å². The number of hydrogen-bond acceptors (Lipinski definition) is 5. The fourth-order valence-electron chi connectivity index (χ4n) is 7.11. The van der Waals surface area contributed by atoms with E-state index in [1.54, 1.807) is 0 Å². The predicted molar refractivity (Wildman–Crippen MR) is 251 cm³/mol. The molecule has 58 heavy (non-hydrogen) atoms. The van der Waals surface area contributed by atoms with Crippen molar-refractivity contribution in [2.24, 2.45) is 0 Å². The first-order valence-corrected chi connectivity index (χ1v) is 25.2. The largest absolute Gasteiger partial charge is 0.462 e. The zero-order valence-electron chi connectivity index (χ0n) is 38.8. The van der Waals surface area contributed by atoms with Gasteiger partial charge in [0.1, 0.15) is 6.61 Å². The summed E-state index contributed by atoms with van der Waals surface area (Å²) in [6.07, 6.45) is 59.7. The van der Waals surface area contributed by atoms with Crippen LogP contribution in [0.1, 0.15) is 252 Å². The lowest BCUT2D eigenvalue weighted by Gasteiger charge is -2.18. The van der Waals surface area contributed by atoms with Crippen LogP contribution in [0.2, 0.25) is 0 Å². The van der Waals surface area contributed by atoms with Crippen LogP contribution in [0.4, 0.5) is 0 Å². The quantitative estimate of drug-likeness (QED) is 0.0348. The van der Waals surface area contributed by atoms with E-state index in [0.29, 0.717) is 19.4 Å². The van der Waals surface area contributed by atoms with Gasteiger partial charge in [-0.15, -0.1) is 0 Å². The Bertz CT molecular complexity index is 966. The minimum atomic E-state index is -0.540. The molecule has 0 heterocycles. The van der Waals surface area contributed by atoms with Gasteiger partial charge in [0, 0.05) is 19.4 Å². The van der Waals surface area contributed by atoms with E-state index in [1.807, 2.05) is 0 Å². The Morgan fingerprint density at radius 1 is 0.397 bits per heavy atom. The van der Waals surface area contributed by atoms with E-state index < -0.39 is 6.10 Å². The summed E-state index contributed by atoms with van der Waals surface area (Å²) in [6.45, 7) is 7.71. The third kappa shape index (κ3) is 46.5. The molecule has 5 nitrogen and oxygen atoms in total. The van der Waals surface area contributed by atoms with Crippen molar-refractivity contribution in [2.45, 2.75) is 258 Å². The maximum Gasteiger partial charge on any atom is 0.306 e. The van der Waals surface area contributed by atoms with E-state index in [2.05, 4.69) is 69.4 Å². The van der Waals surface area contributed by atoms with Crippen molar-refractivity contribution in [1.29, 1.82) is 0 Å². The molecule has 0 bridgehead atoms. The molecule has 0 N–H and O–H groups in total. The van der Waals surface area contributed by atoms with E-state index in [1.165, 1.54) is 141 Å². The smallest absolute Gasteiger partial charge is 0.306 e. The van der Waals surface area contributed by atoms with Gasteiger partial charge in [0.2, 0.25) is 0 Å². The third-order valence-corrected chi connectivity index (χ3v) is 10.8. The van der Waals surface area contributed by atoms with Crippen LogP contribution in [0.25, 0.3) is 0 Å². The van der Waals surface area contributed by atoms with Crippen molar-refractivity contribution >= 4 is 11.9 Å². The summed E-state index contributed by atoms with van der Waals surface area (Å²) < 4.78 is 17.4. The molecule has 0 amide bonds. The Labute approximate surface area is 361 Å². The minimum absolute atomic E-state index is 0.0795. The average Bonchev–Trinajstić information content (AvgIpc) is 3.22. The Hall–Kier alpha value is -2.14. The maximum atomic E-state index is 12.8. The van der Waals surface area contributed by atoms with E-state index in [0.717, 1.165) is 77.0 Å². The number of rotatable bonds is 46. The Morgan fingerprint density at radius 3 is 1.28 bits per heavy atom. The van der Waals surface area contributed by atoms with Crippen molar-refractivity contribution in [2.75, 3.05) is 19.8 Å². The lowest BCUT2D eigenvalue weighted by molar-refractivity contribution is -0.163. The second kappa shape index (κ2) is 49.2. The number of carbonyl (C=O) groups is 2. The van der Waals surface area contributed by atoms with Gasteiger partial charge in [0.05, 0.1) is 6.61 Å². The van der Waals surface area contributed by atoms with Gasteiger partial charge in [-0.25, -0.2) is 0 Å². The van der Waals surface area contributed by atoms with Crippen LogP contribution in [0.3, 0.4) is 0 Å². The first-order chi connectivity index (χ1) is 28.6. The fraction of sp³-hybridized carbons (Fsp3) is 0.811. The minimum Gasteiger partial charge on any atom is -0.462 e. The van der Waals surface area contributed by atoms with Crippen molar-refractivity contribution in [1.82, 2.24) is 0 Å². The Kier molecular flexibility index (Phi) is 47.4. The molecule has 0 radical (unpaired) electrons. The summed E-state index contributed by atoms with van der Waals surface area (Å²) in [7, 11) is 0. The lowest BCUT2D eigenvalue weighted by Crippen LogP contribution is -2.30. The molecule has 0 aliphatic rings. The number of unbranched alkanes of at least 4 members (excludes halogenated alkanes) is 27. The number of allylic oxidation sites excluding steroid dienone is 8. The number of carbonyl (C=O) groups excluding carboxylic acids is 2. The van der Waals surface area contributed by atoms with Gasteiger partial charge in [-0.1, -0.05) is 211 Å². The van der Waals surface area contributed by atoms with Gasteiger partial charge in [-0.2, -0.15) is 0 Å². The second-order valence-corrected chi connectivity index (χ2v) is 16.7. The number of ether oxygens (including phenoxy) is 3. The molecule has 5 heteroatoms. The van der Waals surface area contributed by atoms with Crippen LogP contribution in [-0.4, -0.2) is 37.9 Å². The van der Waals surface area contributed by atoms with Gasteiger partial charge in [0.15, 0.2) is 6.10 Å². The molecule has 0 aliphatic carbocycles. The molecule has 1 atom stereocenters. The highest BCUT2D eigenvalue weighted by atomic mass is 16.6. The first kappa shape index (κ1) is 55.9. The van der Waals surface area contributed by atoms with Gasteiger partial charge < -0.3 is 14.2 Å². The second-order valence-electron chi connectivity index (χ2n) is 16.7. The number of esters is 2. The standard InChI is InChI=1S/C53H96O5/c1-4-7-10-13-16-19-22-25-26-27-28-30-31-34-37-40-43-46-52(54)57-50-51(49-56-48-45-42-39-36-33-24-21-18-15-12-9-6-3)58-53(55)47-44-41-38-35-32-29-23-20-17-14-11-8-5-2/h7,10,16,19-20,23,25-26,51H,4-6,8-9,11-15,17-18,21-22,24,27-50H2,1-3H3/b10-7-,19-16-,23-20-,26-25-. The lowest BCUT2D eigenvalue weighted by atomic mass is 10.1. The van der Waals surface area contributed by atoms with Crippen molar-refractivity contribution in [3.63, 3.8) is 0 Å². The van der Waals surface area contributed by atoms with E-state index in [4.69, 9.17) is 14.2 Å². The first-order valence-electron chi connectivity index (χ1n) is 25.2. The van der Waals surface area contributed by atoms with E-state index in [-0.39, 0.29) is 25.2 Å². The normalized spacial score (nSPS) is 12.5. The van der Waals surface area contributed by atoms with E-state index >= 15 is 0 Å². The summed E-state index contributed by atoms with van der Waals surface area (Å²) >= 11 is 0. The molecule has 0 rings (SSSR count). The summed E-state index contributed by atoms with van der Waals surface area (Å²) in [4.78, 5) is 25.3. The molecule has 1 unspecified atom stereocenters. The zero-order valence-corrected chi connectivity index (χ0v) is 38.8. The molecular weight excluding hydrogens is 717 g/mol. The molecule has 0 saturated heterocycles. The molecule has 0 aliphatic heterocycles. The SMILES string of the molecule is CC/C=C\C/C=C\C/C=C\CCCCCCCCCC(=O)OCC(COCCCCCCCCCCCCCC)OC(=O)CCCCCCC/C=C\CCCCCC. The summed E-state index contributed by atoms with van der Waals surface area (Å²) in [5, 5.41) is 0. The predicted octanol–water partition coefficient (Wildman–Crippen LogP) is 16.8. The van der Waals surface area contributed by atoms with Crippen LogP contribution < -0.4 is 0 Å². The summed E-state index contributed by atoms with van der Waals surface area (Å²) in [5.74, 6) is -0.410. The third-order valence-electron chi connectivity index (χ3n) is 10.8. The zero-order chi connectivity index (χ0) is 42.1. The Morgan fingerprint density at radius 2 is 0.776 bits per heavy atom. The molecule has 338 valence electrons. The topological polar surface area (TPSA) is 61.8 Å². The fourth-order valence-corrected chi connectivity index (χ4v) is 7.11. The van der Waals surface area contributed by atoms with Crippen molar-refractivity contribution < 1.29 is 23.8 Å². The molecule has 0 saturated carbocycles. The maximum absolute atomic E-state index is 12.8. The van der Waals surface area contributed by atoms with Crippen LogP contribution in [0.5, 0.6) is 0 Å². The Balaban J connectivity index is 4.25. The van der Waals surface area contributed by atoms with Crippen LogP contribution in [0, 0.1) is 0 Å². The van der Waals surface area contributed by atoms with Gasteiger partial charge >= 0.3 is 11.9 Å². The van der Waals surface area contributed by atoms with Gasteiger partial charge in [0.25, 0.3) is 0 Å². The summed E-state index contributed by atoms with van der Waals surface area (Å²) in [5.41, 5.74) is 0. The molecule has 0 aromatic rings. The van der Waals surface area contributed by atoms with Crippen molar-refractivity contribution in [3.8, 4) is 0 Å². The van der Waals surface area contributed by atoms with Gasteiger partial charge in [-0.3, -0.25) is 9.59 Å². The van der Waals surface area contributed by atoms with Crippen LogP contribution in [-0.2, 0) is 23.8 Å².